The zero-order chi connectivity index (χ0) is 22.2. The maximum absolute atomic E-state index is 4.93. The van der Waals surface area contributed by atoms with Crippen molar-refractivity contribution in [3.63, 3.8) is 0 Å². The van der Waals surface area contributed by atoms with Gasteiger partial charge in [0.2, 0.25) is 0 Å². The molecule has 2 aromatic carbocycles. The van der Waals surface area contributed by atoms with Gasteiger partial charge in [-0.2, -0.15) is 0 Å². The molecule has 0 aliphatic carbocycles. The van der Waals surface area contributed by atoms with Crippen LogP contribution in [0.25, 0.3) is 10.9 Å². The van der Waals surface area contributed by atoms with E-state index in [9.17, 15) is 0 Å². The Bertz CT molecular complexity index is 1240. The van der Waals surface area contributed by atoms with Crippen LogP contribution in [0, 0.1) is 27.7 Å². The summed E-state index contributed by atoms with van der Waals surface area (Å²) in [5.41, 5.74) is 9.54. The molecule has 3 heteroatoms. The fourth-order valence-electron chi connectivity index (χ4n) is 5.30. The summed E-state index contributed by atoms with van der Waals surface area (Å²) in [5, 5.41) is 1.34. The van der Waals surface area contributed by atoms with Crippen LogP contribution in [-0.2, 0) is 6.54 Å². The van der Waals surface area contributed by atoms with Crippen LogP contribution >= 0.6 is 0 Å². The van der Waals surface area contributed by atoms with E-state index in [2.05, 4.69) is 91.8 Å². The van der Waals surface area contributed by atoms with Crippen molar-refractivity contribution in [1.82, 2.24) is 9.55 Å². The molecule has 1 saturated heterocycles. The number of fused-ring (bicyclic) bond motifs is 1. The fourth-order valence-corrected chi connectivity index (χ4v) is 5.30. The number of aryl methyl sites for hydroxylation is 3. The first-order chi connectivity index (χ1) is 15.5. The number of piperidine rings is 1. The van der Waals surface area contributed by atoms with Crippen molar-refractivity contribution in [2.45, 2.75) is 53.0 Å². The number of aromatic nitrogens is 2. The molecule has 164 valence electrons. The minimum Gasteiger partial charge on any atom is -0.355 e. The molecular formula is C29H33N3. The summed E-state index contributed by atoms with van der Waals surface area (Å²) in [5.74, 6) is 1.80. The molecule has 0 N–H and O–H groups in total. The summed E-state index contributed by atoms with van der Waals surface area (Å²) in [6, 6.07) is 20.0. The van der Waals surface area contributed by atoms with E-state index in [0.29, 0.717) is 5.92 Å². The Morgan fingerprint density at radius 1 is 0.906 bits per heavy atom. The summed E-state index contributed by atoms with van der Waals surface area (Å²) >= 11 is 0. The molecule has 0 radical (unpaired) electrons. The minimum atomic E-state index is 0.650. The van der Waals surface area contributed by atoms with Gasteiger partial charge in [-0.3, -0.25) is 0 Å². The molecule has 1 aliphatic heterocycles. The SMILES string of the molecule is Cc1ccc(C)c(Cn2c(C)c(C)c3ccnc(N4CCC(c5ccccc5)CC4)c32)c1. The molecule has 0 unspecified atom stereocenters. The van der Waals surface area contributed by atoms with Gasteiger partial charge in [-0.1, -0.05) is 54.1 Å². The summed E-state index contributed by atoms with van der Waals surface area (Å²) in [6.45, 7) is 11.9. The average Bonchev–Trinajstić information content (AvgIpc) is 3.07. The zero-order valence-electron chi connectivity index (χ0n) is 19.7. The second kappa shape index (κ2) is 8.46. The fraction of sp³-hybridized carbons (Fsp3) is 0.345. The lowest BCUT2D eigenvalue weighted by Gasteiger charge is -2.33. The van der Waals surface area contributed by atoms with Gasteiger partial charge in [0.15, 0.2) is 5.82 Å². The predicted molar refractivity (Wildman–Crippen MR) is 135 cm³/mol. The topological polar surface area (TPSA) is 21.1 Å². The van der Waals surface area contributed by atoms with Gasteiger partial charge >= 0.3 is 0 Å². The van der Waals surface area contributed by atoms with E-state index in [0.717, 1.165) is 25.5 Å². The highest BCUT2D eigenvalue weighted by atomic mass is 15.2. The Balaban J connectivity index is 1.51. The highest BCUT2D eigenvalue weighted by Gasteiger charge is 2.25. The van der Waals surface area contributed by atoms with Crippen LogP contribution in [0.3, 0.4) is 0 Å². The number of hydrogen-bond acceptors (Lipinski definition) is 2. The summed E-state index contributed by atoms with van der Waals surface area (Å²) in [7, 11) is 0. The van der Waals surface area contributed by atoms with Crippen LogP contribution in [0.5, 0.6) is 0 Å². The monoisotopic (exact) mass is 423 g/mol. The van der Waals surface area contributed by atoms with Gasteiger partial charge in [-0.05, 0) is 74.8 Å². The van der Waals surface area contributed by atoms with Crippen molar-refractivity contribution in [3.8, 4) is 0 Å². The largest absolute Gasteiger partial charge is 0.355 e. The quantitative estimate of drug-likeness (QED) is 0.364. The van der Waals surface area contributed by atoms with Crippen molar-refractivity contribution >= 4 is 16.7 Å². The van der Waals surface area contributed by atoms with Crippen LogP contribution in [0.1, 0.15) is 52.3 Å². The number of nitrogens with zero attached hydrogens (tertiary/aromatic N) is 3. The molecule has 0 spiro atoms. The maximum atomic E-state index is 4.93. The van der Waals surface area contributed by atoms with Crippen molar-refractivity contribution in [3.05, 3.63) is 94.3 Å². The number of hydrogen-bond donors (Lipinski definition) is 0. The molecule has 4 aromatic rings. The van der Waals surface area contributed by atoms with Gasteiger partial charge in [0.1, 0.15) is 0 Å². The lowest BCUT2D eigenvalue weighted by Crippen LogP contribution is -2.33. The van der Waals surface area contributed by atoms with Gasteiger partial charge in [0.05, 0.1) is 5.52 Å². The van der Waals surface area contributed by atoms with E-state index < -0.39 is 0 Å². The van der Waals surface area contributed by atoms with Crippen molar-refractivity contribution in [2.24, 2.45) is 0 Å². The van der Waals surface area contributed by atoms with E-state index in [1.54, 1.807) is 0 Å². The zero-order valence-corrected chi connectivity index (χ0v) is 19.7. The van der Waals surface area contributed by atoms with Crippen LogP contribution in [0.15, 0.2) is 60.8 Å². The molecule has 3 nitrogen and oxygen atoms in total. The Hall–Kier alpha value is -3.07. The normalized spacial score (nSPS) is 14.9. The minimum absolute atomic E-state index is 0.650. The standard InChI is InChI=1S/C29H33N3/c1-20-10-11-21(2)26(18-20)19-32-23(4)22(3)27-12-15-30-29(28(27)32)31-16-13-25(14-17-31)24-8-6-5-7-9-24/h5-12,15,18,25H,13-14,16-17,19H2,1-4H3. The van der Waals surface area contributed by atoms with Crippen molar-refractivity contribution < 1.29 is 0 Å². The van der Waals surface area contributed by atoms with Crippen LogP contribution in [0.4, 0.5) is 5.82 Å². The van der Waals surface area contributed by atoms with E-state index in [1.807, 2.05) is 6.20 Å². The Labute approximate surface area is 191 Å². The molecule has 2 aromatic heterocycles. The summed E-state index contributed by atoms with van der Waals surface area (Å²) < 4.78 is 2.50. The molecular weight excluding hydrogens is 390 g/mol. The molecule has 0 amide bonds. The van der Waals surface area contributed by atoms with Crippen molar-refractivity contribution in [2.75, 3.05) is 18.0 Å². The molecule has 0 bridgehead atoms. The number of benzene rings is 2. The molecule has 0 atom stereocenters. The number of pyridine rings is 1. The maximum Gasteiger partial charge on any atom is 0.153 e. The third-order valence-corrected chi connectivity index (χ3v) is 7.43. The highest BCUT2D eigenvalue weighted by Crippen LogP contribution is 2.36. The highest BCUT2D eigenvalue weighted by molar-refractivity contribution is 5.93. The Morgan fingerprint density at radius 2 is 1.66 bits per heavy atom. The molecule has 5 rings (SSSR count). The smallest absolute Gasteiger partial charge is 0.153 e. The second-order valence-electron chi connectivity index (χ2n) is 9.43. The Morgan fingerprint density at radius 3 is 2.41 bits per heavy atom. The van der Waals surface area contributed by atoms with Crippen LogP contribution in [-0.4, -0.2) is 22.6 Å². The van der Waals surface area contributed by atoms with E-state index >= 15 is 0 Å². The van der Waals surface area contributed by atoms with E-state index in [4.69, 9.17) is 4.98 Å². The van der Waals surface area contributed by atoms with Gasteiger partial charge < -0.3 is 9.47 Å². The van der Waals surface area contributed by atoms with Crippen molar-refractivity contribution in [1.29, 1.82) is 0 Å². The first-order valence-electron chi connectivity index (χ1n) is 11.8. The first-order valence-corrected chi connectivity index (χ1v) is 11.8. The predicted octanol–water partition coefficient (Wildman–Crippen LogP) is 6.70. The molecule has 3 heterocycles. The van der Waals surface area contributed by atoms with Gasteiger partial charge in [0, 0.05) is 36.9 Å². The van der Waals surface area contributed by atoms with Crippen LogP contribution < -0.4 is 4.90 Å². The molecule has 32 heavy (non-hydrogen) atoms. The number of anilines is 1. The van der Waals surface area contributed by atoms with Crippen LogP contribution in [0.2, 0.25) is 0 Å². The molecule has 0 saturated carbocycles. The first kappa shape index (κ1) is 20.8. The van der Waals surface area contributed by atoms with Gasteiger partial charge in [-0.25, -0.2) is 4.98 Å². The Kier molecular flexibility index (Phi) is 5.50. The third-order valence-electron chi connectivity index (χ3n) is 7.43. The van der Waals surface area contributed by atoms with E-state index in [-0.39, 0.29) is 0 Å². The van der Waals surface area contributed by atoms with E-state index in [1.165, 1.54) is 57.3 Å². The molecule has 1 aliphatic rings. The lowest BCUT2D eigenvalue weighted by atomic mass is 9.89. The lowest BCUT2D eigenvalue weighted by molar-refractivity contribution is 0.503. The second-order valence-corrected chi connectivity index (χ2v) is 9.43. The number of rotatable bonds is 4. The molecule has 1 fully saturated rings. The summed E-state index contributed by atoms with van der Waals surface area (Å²) in [4.78, 5) is 7.44. The van der Waals surface area contributed by atoms with Gasteiger partial charge in [0.25, 0.3) is 0 Å². The third kappa shape index (κ3) is 3.70. The van der Waals surface area contributed by atoms with Gasteiger partial charge in [-0.15, -0.1) is 0 Å². The average molecular weight is 424 g/mol. The summed E-state index contributed by atoms with van der Waals surface area (Å²) in [6.07, 6.45) is 4.35.